The van der Waals surface area contributed by atoms with Gasteiger partial charge in [-0.2, -0.15) is 4.98 Å². The highest BCUT2D eigenvalue weighted by atomic mass is 32.1. The Balaban J connectivity index is 1.66. The van der Waals surface area contributed by atoms with Crippen molar-refractivity contribution in [2.24, 2.45) is 5.92 Å². The molecule has 0 saturated carbocycles. The molecule has 0 aromatic carbocycles. The van der Waals surface area contributed by atoms with E-state index in [2.05, 4.69) is 21.9 Å². The number of aromatic nitrogens is 3. The summed E-state index contributed by atoms with van der Waals surface area (Å²) in [6.07, 6.45) is 6.30. The molecule has 1 N–H and O–H groups in total. The predicted octanol–water partition coefficient (Wildman–Crippen LogP) is 3.70. The minimum atomic E-state index is 0.592. The maximum atomic E-state index is 5.50. The first-order valence-corrected chi connectivity index (χ1v) is 8.15. The third-order valence-corrected chi connectivity index (χ3v) is 4.39. The maximum absolute atomic E-state index is 5.50. The molecule has 0 amide bonds. The van der Waals surface area contributed by atoms with E-state index in [9.17, 15) is 0 Å². The van der Waals surface area contributed by atoms with E-state index in [1.165, 1.54) is 12.8 Å². The Labute approximate surface area is 135 Å². The van der Waals surface area contributed by atoms with Gasteiger partial charge in [0, 0.05) is 13.1 Å². The molecule has 1 fully saturated rings. The molecule has 2 aromatic heterocycles. The average Bonchev–Trinajstić information content (AvgIpc) is 3.06. The van der Waals surface area contributed by atoms with Crippen LogP contribution in [0.2, 0.25) is 0 Å². The lowest BCUT2D eigenvalue weighted by atomic mass is 10.00. The Kier molecular flexibility index (Phi) is 4.59. The lowest BCUT2D eigenvalue weighted by Crippen LogP contribution is -2.34. The molecule has 6 heteroatoms. The van der Waals surface area contributed by atoms with Gasteiger partial charge in [0.15, 0.2) is 0 Å². The number of nitrogens with zero attached hydrogens (tertiary/aromatic N) is 3. The van der Waals surface area contributed by atoms with Gasteiger partial charge < -0.3 is 4.42 Å². The SMILES string of the molecule is Cc1ccc(/C=C/c2nc(=S)n(CN3CCC(C)CC3)[nH]2)o1. The van der Waals surface area contributed by atoms with E-state index < -0.39 is 0 Å². The summed E-state index contributed by atoms with van der Waals surface area (Å²) < 4.78 is 8.02. The highest BCUT2D eigenvalue weighted by Gasteiger charge is 2.16. The second-order valence-corrected chi connectivity index (χ2v) is 6.41. The van der Waals surface area contributed by atoms with E-state index in [0.717, 1.165) is 43.0 Å². The van der Waals surface area contributed by atoms with Crippen molar-refractivity contribution in [2.45, 2.75) is 33.4 Å². The van der Waals surface area contributed by atoms with Crippen molar-refractivity contribution >= 4 is 24.4 Å². The zero-order valence-electron chi connectivity index (χ0n) is 13.1. The lowest BCUT2D eigenvalue weighted by molar-refractivity contribution is 0.146. The second kappa shape index (κ2) is 6.62. The summed E-state index contributed by atoms with van der Waals surface area (Å²) in [6, 6.07) is 3.88. The molecule has 22 heavy (non-hydrogen) atoms. The van der Waals surface area contributed by atoms with Crippen molar-refractivity contribution < 1.29 is 4.42 Å². The predicted molar refractivity (Wildman–Crippen MR) is 89.8 cm³/mol. The highest BCUT2D eigenvalue weighted by molar-refractivity contribution is 7.71. The Hall–Kier alpha value is -1.66. The smallest absolute Gasteiger partial charge is 0.217 e. The Morgan fingerprint density at radius 3 is 2.82 bits per heavy atom. The van der Waals surface area contributed by atoms with Gasteiger partial charge >= 0.3 is 0 Å². The highest BCUT2D eigenvalue weighted by Crippen LogP contribution is 2.16. The van der Waals surface area contributed by atoms with Crippen molar-refractivity contribution in [3.8, 4) is 0 Å². The molecular weight excluding hydrogens is 296 g/mol. The molecular formula is C16H22N4OS. The molecule has 0 atom stereocenters. The molecule has 2 aromatic rings. The average molecular weight is 318 g/mol. The number of hydrogen-bond donors (Lipinski definition) is 1. The monoisotopic (exact) mass is 318 g/mol. The topological polar surface area (TPSA) is 50.0 Å². The molecule has 0 spiro atoms. The van der Waals surface area contributed by atoms with Crippen LogP contribution in [-0.2, 0) is 6.67 Å². The molecule has 0 bridgehead atoms. The van der Waals surface area contributed by atoms with Gasteiger partial charge in [-0.1, -0.05) is 6.92 Å². The number of aromatic amines is 1. The Morgan fingerprint density at radius 1 is 1.36 bits per heavy atom. The van der Waals surface area contributed by atoms with Crippen LogP contribution in [0, 0.1) is 17.6 Å². The van der Waals surface area contributed by atoms with Gasteiger partial charge in [0.25, 0.3) is 0 Å². The number of hydrogen-bond acceptors (Lipinski definition) is 4. The van der Waals surface area contributed by atoms with Crippen LogP contribution in [0.5, 0.6) is 0 Å². The summed E-state index contributed by atoms with van der Waals surface area (Å²) in [6.45, 7) is 7.28. The first-order chi connectivity index (χ1) is 10.6. The maximum Gasteiger partial charge on any atom is 0.217 e. The largest absolute Gasteiger partial charge is 0.462 e. The number of aryl methyl sites for hydroxylation is 1. The number of rotatable bonds is 4. The Bertz CT molecular complexity index is 704. The fraction of sp³-hybridized carbons (Fsp3) is 0.500. The fourth-order valence-electron chi connectivity index (χ4n) is 2.65. The third kappa shape index (κ3) is 3.75. The minimum Gasteiger partial charge on any atom is -0.462 e. The van der Waals surface area contributed by atoms with Crippen LogP contribution in [0.25, 0.3) is 12.2 Å². The van der Waals surface area contributed by atoms with Gasteiger partial charge in [0.2, 0.25) is 4.77 Å². The second-order valence-electron chi connectivity index (χ2n) is 6.04. The summed E-state index contributed by atoms with van der Waals surface area (Å²) in [5, 5.41) is 3.25. The van der Waals surface area contributed by atoms with Gasteiger partial charge in [-0.25, -0.2) is 4.68 Å². The molecule has 1 aliphatic rings. The molecule has 3 rings (SSSR count). The van der Waals surface area contributed by atoms with Crippen LogP contribution in [0.4, 0.5) is 0 Å². The van der Waals surface area contributed by atoms with Crippen LogP contribution in [0.3, 0.4) is 0 Å². The molecule has 5 nitrogen and oxygen atoms in total. The summed E-state index contributed by atoms with van der Waals surface area (Å²) in [4.78, 5) is 6.79. The number of furan rings is 1. The first kappa shape index (κ1) is 15.2. The van der Waals surface area contributed by atoms with Crippen molar-refractivity contribution in [3.05, 3.63) is 34.2 Å². The van der Waals surface area contributed by atoms with E-state index in [1.807, 2.05) is 35.9 Å². The quantitative estimate of drug-likeness (QED) is 0.873. The Morgan fingerprint density at radius 2 is 2.14 bits per heavy atom. The van der Waals surface area contributed by atoms with E-state index in [4.69, 9.17) is 16.6 Å². The lowest BCUT2D eigenvalue weighted by Gasteiger charge is -2.29. The van der Waals surface area contributed by atoms with Crippen molar-refractivity contribution in [1.82, 2.24) is 19.7 Å². The standard InChI is InChI=1S/C16H22N4OS/c1-12-7-9-19(10-8-12)11-20-16(22)17-15(18-20)6-5-14-4-3-13(2)21-14/h3-6,12H,7-11H2,1-2H3,(H,17,18,22)/b6-5+. The molecule has 0 radical (unpaired) electrons. The summed E-state index contributed by atoms with van der Waals surface area (Å²) in [5.74, 6) is 3.31. The van der Waals surface area contributed by atoms with Crippen LogP contribution in [0.15, 0.2) is 16.5 Å². The number of H-pyrrole nitrogens is 1. The number of piperidine rings is 1. The summed E-state index contributed by atoms with van der Waals surface area (Å²) in [5.41, 5.74) is 0. The van der Waals surface area contributed by atoms with Crippen molar-refractivity contribution in [2.75, 3.05) is 13.1 Å². The number of likely N-dealkylation sites (tertiary alicyclic amines) is 1. The molecule has 0 aliphatic carbocycles. The molecule has 0 unspecified atom stereocenters. The number of nitrogens with one attached hydrogen (secondary N) is 1. The normalized spacial score (nSPS) is 17.5. The van der Waals surface area contributed by atoms with Crippen LogP contribution >= 0.6 is 12.2 Å². The van der Waals surface area contributed by atoms with E-state index in [-0.39, 0.29) is 0 Å². The zero-order valence-corrected chi connectivity index (χ0v) is 13.9. The summed E-state index contributed by atoms with van der Waals surface area (Å²) >= 11 is 5.34. The van der Waals surface area contributed by atoms with E-state index in [1.54, 1.807) is 0 Å². The fourth-order valence-corrected chi connectivity index (χ4v) is 2.85. The van der Waals surface area contributed by atoms with E-state index in [0.29, 0.717) is 4.77 Å². The van der Waals surface area contributed by atoms with Gasteiger partial charge in [-0.15, -0.1) is 0 Å². The van der Waals surface area contributed by atoms with Crippen LogP contribution in [-0.4, -0.2) is 32.8 Å². The molecule has 1 saturated heterocycles. The van der Waals surface area contributed by atoms with Crippen molar-refractivity contribution in [3.63, 3.8) is 0 Å². The van der Waals surface area contributed by atoms with Gasteiger partial charge in [-0.05, 0) is 62.2 Å². The van der Waals surface area contributed by atoms with E-state index >= 15 is 0 Å². The zero-order chi connectivity index (χ0) is 15.5. The van der Waals surface area contributed by atoms with Gasteiger partial charge in [0.05, 0.1) is 6.67 Å². The van der Waals surface area contributed by atoms with Crippen LogP contribution in [0.1, 0.15) is 37.1 Å². The molecule has 118 valence electrons. The minimum absolute atomic E-state index is 0.592. The molecule has 1 aliphatic heterocycles. The van der Waals surface area contributed by atoms with Crippen molar-refractivity contribution in [1.29, 1.82) is 0 Å². The third-order valence-electron chi connectivity index (χ3n) is 4.08. The first-order valence-electron chi connectivity index (χ1n) is 7.74. The van der Waals surface area contributed by atoms with Gasteiger partial charge in [0.1, 0.15) is 17.3 Å². The summed E-state index contributed by atoms with van der Waals surface area (Å²) in [7, 11) is 0. The van der Waals surface area contributed by atoms with Gasteiger partial charge in [-0.3, -0.25) is 10.00 Å². The van der Waals surface area contributed by atoms with Crippen LogP contribution < -0.4 is 0 Å². The molecule has 3 heterocycles.